The molecule has 0 saturated carbocycles. The highest BCUT2D eigenvalue weighted by molar-refractivity contribution is 7.89. The second kappa shape index (κ2) is 9.37. The van der Waals surface area contributed by atoms with Crippen LogP contribution in [0.5, 0.6) is 11.5 Å². The standard InChI is InChI=1S/C26H23ClN2O5S/c1-2-17-3-9-23-19(11-17)13-20(26(30)28-23)15-29(35(31,32)22-7-5-21(27)6-8-22)14-18-4-10-24-25(12-18)34-16-33-24/h3-13H,2,14-16H2,1H3,(H,28,30). The number of hydrogen-bond donors (Lipinski definition) is 1. The van der Waals surface area contributed by atoms with Gasteiger partial charge in [0.15, 0.2) is 11.5 Å². The molecule has 1 aromatic heterocycles. The van der Waals surface area contributed by atoms with Crippen LogP contribution in [0.4, 0.5) is 0 Å². The zero-order valence-electron chi connectivity index (χ0n) is 19.0. The molecule has 4 aromatic rings. The first kappa shape index (κ1) is 23.4. The van der Waals surface area contributed by atoms with Crippen molar-refractivity contribution in [3.63, 3.8) is 0 Å². The maximum atomic E-state index is 13.7. The number of aryl methyl sites for hydroxylation is 1. The number of sulfonamides is 1. The van der Waals surface area contributed by atoms with Crippen LogP contribution >= 0.6 is 11.6 Å². The molecule has 180 valence electrons. The Morgan fingerprint density at radius 2 is 1.66 bits per heavy atom. The average molecular weight is 511 g/mol. The van der Waals surface area contributed by atoms with Crippen molar-refractivity contribution in [2.45, 2.75) is 31.3 Å². The largest absolute Gasteiger partial charge is 0.454 e. The van der Waals surface area contributed by atoms with Crippen molar-refractivity contribution in [3.8, 4) is 11.5 Å². The molecule has 0 saturated heterocycles. The molecular formula is C26H23ClN2O5S. The monoisotopic (exact) mass is 510 g/mol. The molecule has 0 radical (unpaired) electrons. The van der Waals surface area contributed by atoms with Gasteiger partial charge in [-0.05, 0) is 77.5 Å². The molecule has 7 nitrogen and oxygen atoms in total. The molecule has 5 rings (SSSR count). The summed E-state index contributed by atoms with van der Waals surface area (Å²) < 4.78 is 39.5. The quantitative estimate of drug-likeness (QED) is 0.383. The Bertz CT molecular complexity index is 1570. The lowest BCUT2D eigenvalue weighted by atomic mass is 10.1. The maximum Gasteiger partial charge on any atom is 0.252 e. The van der Waals surface area contributed by atoms with Crippen molar-refractivity contribution < 1.29 is 17.9 Å². The lowest BCUT2D eigenvalue weighted by molar-refractivity contribution is 0.174. The van der Waals surface area contributed by atoms with E-state index in [4.69, 9.17) is 21.1 Å². The third-order valence-electron chi connectivity index (χ3n) is 5.99. The number of fused-ring (bicyclic) bond motifs is 2. The third kappa shape index (κ3) is 4.77. The predicted molar refractivity (Wildman–Crippen MR) is 134 cm³/mol. The van der Waals surface area contributed by atoms with Gasteiger partial charge in [0, 0.05) is 29.2 Å². The van der Waals surface area contributed by atoms with Gasteiger partial charge in [-0.3, -0.25) is 4.79 Å². The van der Waals surface area contributed by atoms with E-state index in [2.05, 4.69) is 11.9 Å². The molecular weight excluding hydrogens is 488 g/mol. The highest BCUT2D eigenvalue weighted by Crippen LogP contribution is 2.33. The van der Waals surface area contributed by atoms with E-state index in [-0.39, 0.29) is 30.3 Å². The number of ether oxygens (including phenoxy) is 2. The summed E-state index contributed by atoms with van der Waals surface area (Å²) in [4.78, 5) is 15.9. The Morgan fingerprint density at radius 1 is 0.914 bits per heavy atom. The first-order valence-corrected chi connectivity index (χ1v) is 12.9. The van der Waals surface area contributed by atoms with Crippen molar-refractivity contribution in [3.05, 3.63) is 98.8 Å². The molecule has 35 heavy (non-hydrogen) atoms. The Balaban J connectivity index is 1.56. The summed E-state index contributed by atoms with van der Waals surface area (Å²) in [6, 6.07) is 18.9. The first-order valence-electron chi connectivity index (χ1n) is 11.1. The van der Waals surface area contributed by atoms with Crippen molar-refractivity contribution >= 4 is 32.5 Å². The second-order valence-corrected chi connectivity index (χ2v) is 10.7. The van der Waals surface area contributed by atoms with E-state index in [1.54, 1.807) is 24.3 Å². The first-order chi connectivity index (χ1) is 16.8. The molecule has 1 aliphatic rings. The summed E-state index contributed by atoms with van der Waals surface area (Å²) in [6.07, 6.45) is 0.853. The number of halogens is 1. The molecule has 0 aliphatic carbocycles. The SMILES string of the molecule is CCc1ccc2[nH]c(=O)c(CN(Cc3ccc4c(c3)OCO4)S(=O)(=O)c3ccc(Cl)cc3)cc2c1. The van der Waals surface area contributed by atoms with E-state index >= 15 is 0 Å². The van der Waals surface area contributed by atoms with Crippen molar-refractivity contribution in [2.75, 3.05) is 6.79 Å². The summed E-state index contributed by atoms with van der Waals surface area (Å²) in [5.74, 6) is 1.17. The molecule has 0 bridgehead atoms. The second-order valence-electron chi connectivity index (χ2n) is 8.31. The number of nitrogens with one attached hydrogen (secondary N) is 1. The number of rotatable bonds is 7. The fourth-order valence-electron chi connectivity index (χ4n) is 4.05. The normalized spacial score (nSPS) is 13.0. The molecule has 1 aliphatic heterocycles. The Morgan fingerprint density at radius 3 is 2.43 bits per heavy atom. The Hall–Kier alpha value is -3.33. The van der Waals surface area contributed by atoms with E-state index in [0.29, 0.717) is 33.2 Å². The minimum Gasteiger partial charge on any atom is -0.454 e. The average Bonchev–Trinajstić information content (AvgIpc) is 3.32. The number of aromatic nitrogens is 1. The van der Waals surface area contributed by atoms with Crippen LogP contribution in [0.25, 0.3) is 10.9 Å². The van der Waals surface area contributed by atoms with Crippen molar-refractivity contribution in [2.24, 2.45) is 0 Å². The van der Waals surface area contributed by atoms with Crippen LogP contribution in [-0.4, -0.2) is 24.5 Å². The van der Waals surface area contributed by atoms with E-state index < -0.39 is 10.0 Å². The Kier molecular flexibility index (Phi) is 6.27. The van der Waals surface area contributed by atoms with Crippen LogP contribution in [0.2, 0.25) is 5.02 Å². The van der Waals surface area contributed by atoms with Gasteiger partial charge in [-0.15, -0.1) is 0 Å². The van der Waals surface area contributed by atoms with Crippen molar-refractivity contribution in [1.29, 1.82) is 0 Å². The highest BCUT2D eigenvalue weighted by Gasteiger charge is 2.27. The molecule has 0 atom stereocenters. The zero-order valence-corrected chi connectivity index (χ0v) is 20.5. The topological polar surface area (TPSA) is 88.7 Å². The molecule has 0 unspecified atom stereocenters. The molecule has 2 heterocycles. The lowest BCUT2D eigenvalue weighted by Crippen LogP contribution is -2.32. The van der Waals surface area contributed by atoms with E-state index in [1.807, 2.05) is 18.2 Å². The minimum atomic E-state index is -3.96. The van der Waals surface area contributed by atoms with Gasteiger partial charge in [0.1, 0.15) is 0 Å². The Labute approximate surface area is 207 Å². The molecule has 0 amide bonds. The van der Waals surface area contributed by atoms with E-state index in [1.165, 1.54) is 28.6 Å². The van der Waals surface area contributed by atoms with Gasteiger partial charge in [-0.25, -0.2) is 8.42 Å². The van der Waals surface area contributed by atoms with Crippen LogP contribution in [0.3, 0.4) is 0 Å². The minimum absolute atomic E-state index is 0.0358. The van der Waals surface area contributed by atoms with Crippen LogP contribution in [0.15, 0.2) is 76.4 Å². The molecule has 9 heteroatoms. The number of hydrogen-bond acceptors (Lipinski definition) is 5. The van der Waals surface area contributed by atoms with Gasteiger partial charge in [0.25, 0.3) is 5.56 Å². The zero-order chi connectivity index (χ0) is 24.6. The molecule has 0 fully saturated rings. The highest BCUT2D eigenvalue weighted by atomic mass is 35.5. The summed E-state index contributed by atoms with van der Waals surface area (Å²) in [7, 11) is -3.96. The maximum absolute atomic E-state index is 13.7. The van der Waals surface area contributed by atoms with Gasteiger partial charge in [0.2, 0.25) is 16.8 Å². The van der Waals surface area contributed by atoms with E-state index in [9.17, 15) is 13.2 Å². The molecule has 0 spiro atoms. The van der Waals surface area contributed by atoms with Crippen LogP contribution in [-0.2, 0) is 29.5 Å². The number of aromatic amines is 1. The molecule has 1 N–H and O–H groups in total. The summed E-state index contributed by atoms with van der Waals surface area (Å²) in [6.45, 7) is 2.10. The van der Waals surface area contributed by atoms with Gasteiger partial charge < -0.3 is 14.5 Å². The van der Waals surface area contributed by atoms with Gasteiger partial charge >= 0.3 is 0 Å². The van der Waals surface area contributed by atoms with Crippen LogP contribution in [0.1, 0.15) is 23.6 Å². The summed E-state index contributed by atoms with van der Waals surface area (Å²) in [5.41, 5.74) is 2.56. The fourth-order valence-corrected chi connectivity index (χ4v) is 5.59. The molecule has 3 aromatic carbocycles. The van der Waals surface area contributed by atoms with Crippen molar-refractivity contribution in [1.82, 2.24) is 9.29 Å². The fraction of sp³-hybridized carbons (Fsp3) is 0.192. The van der Waals surface area contributed by atoms with Gasteiger partial charge in [0.05, 0.1) is 4.90 Å². The predicted octanol–water partition coefficient (Wildman–Crippen LogP) is 4.86. The third-order valence-corrected chi connectivity index (χ3v) is 8.05. The van der Waals surface area contributed by atoms with Crippen LogP contribution in [0, 0.1) is 0 Å². The number of nitrogens with zero attached hydrogens (tertiary/aromatic N) is 1. The van der Waals surface area contributed by atoms with Gasteiger partial charge in [-0.1, -0.05) is 30.7 Å². The number of pyridine rings is 1. The van der Waals surface area contributed by atoms with Crippen LogP contribution < -0.4 is 15.0 Å². The number of benzene rings is 3. The summed E-state index contributed by atoms with van der Waals surface area (Å²) in [5, 5.41) is 1.29. The smallest absolute Gasteiger partial charge is 0.252 e. The lowest BCUT2D eigenvalue weighted by Gasteiger charge is -2.22. The van der Waals surface area contributed by atoms with Gasteiger partial charge in [-0.2, -0.15) is 4.31 Å². The summed E-state index contributed by atoms with van der Waals surface area (Å²) >= 11 is 5.98. The van der Waals surface area contributed by atoms with E-state index in [0.717, 1.165) is 17.4 Å². The number of H-pyrrole nitrogens is 1.